The minimum absolute atomic E-state index is 0.0632. The first kappa shape index (κ1) is 35.2. The molecule has 3 aliphatic heterocycles. The maximum atomic E-state index is 16.2. The van der Waals surface area contributed by atoms with E-state index >= 15 is 4.39 Å². The first-order chi connectivity index (χ1) is 22.4. The van der Waals surface area contributed by atoms with E-state index in [1.54, 1.807) is 53.7 Å². The number of pyridine rings is 1. The van der Waals surface area contributed by atoms with Gasteiger partial charge in [0, 0.05) is 60.3 Å². The van der Waals surface area contributed by atoms with E-state index in [0.29, 0.717) is 6.54 Å². The van der Waals surface area contributed by atoms with Gasteiger partial charge in [-0.1, -0.05) is 6.07 Å². The highest BCUT2D eigenvalue weighted by Crippen LogP contribution is 2.40. The van der Waals surface area contributed by atoms with Crippen molar-refractivity contribution in [2.24, 2.45) is 11.1 Å². The summed E-state index contributed by atoms with van der Waals surface area (Å²) in [6.07, 6.45) is 1.26. The van der Waals surface area contributed by atoms with Crippen molar-refractivity contribution in [2.45, 2.75) is 97.6 Å². The highest BCUT2D eigenvalue weighted by molar-refractivity contribution is 6.01. The molecule has 1 aromatic carbocycles. The summed E-state index contributed by atoms with van der Waals surface area (Å²) in [5, 5.41) is 2.75. The van der Waals surface area contributed by atoms with Gasteiger partial charge < -0.3 is 24.8 Å². The Morgan fingerprint density at radius 1 is 1.06 bits per heavy atom. The third-order valence-electron chi connectivity index (χ3n) is 8.60. The number of fused-ring (bicyclic) bond motifs is 1. The van der Waals surface area contributed by atoms with Crippen LogP contribution in [-0.2, 0) is 36.9 Å². The lowest BCUT2D eigenvalue weighted by Crippen LogP contribution is -2.59. The molecule has 3 amide bonds. The summed E-state index contributed by atoms with van der Waals surface area (Å²) < 4.78 is 32.7. The molecule has 2 fully saturated rings. The topological polar surface area (TPSA) is 153 Å². The summed E-state index contributed by atoms with van der Waals surface area (Å²) in [6, 6.07) is 5.30. The van der Waals surface area contributed by atoms with Gasteiger partial charge in [-0.2, -0.15) is 0 Å². The number of hydrogen-bond acceptors (Lipinski definition) is 9. The third-order valence-corrected chi connectivity index (χ3v) is 8.60. The van der Waals surface area contributed by atoms with E-state index in [-0.39, 0.29) is 53.0 Å². The molecule has 5 rings (SSSR count). The maximum Gasteiger partial charge on any atom is 0.413 e. The zero-order valence-corrected chi connectivity index (χ0v) is 28.6. The standard InChI is InChI=1S/C35H46FN5O7/c1-33(2,3)47-27(42)13-12-26(29(37)43)41-17-24-22(31(41)44)9-10-23(28(24)36)25-11-8-21(30(38-25)39-32(45)48-34(4,5)6)16-40-18-35(19-40)14-7-15-46-20-35/h8-11,26H,7,12-20H2,1-6H3,(H2,37,43)(H,38,39,45)/t26-/m0/s1. The number of carbonyl (C=O) groups is 4. The summed E-state index contributed by atoms with van der Waals surface area (Å²) in [5.41, 5.74) is 5.64. The zero-order chi connectivity index (χ0) is 35.0. The number of carbonyl (C=O) groups excluding carboxylic acids is 4. The molecule has 12 nitrogen and oxygen atoms in total. The van der Waals surface area contributed by atoms with Crippen molar-refractivity contribution in [3.63, 3.8) is 0 Å². The van der Waals surface area contributed by atoms with Crippen molar-refractivity contribution >= 4 is 29.7 Å². The minimum Gasteiger partial charge on any atom is -0.460 e. The molecule has 3 N–H and O–H groups in total. The smallest absolute Gasteiger partial charge is 0.413 e. The van der Waals surface area contributed by atoms with Crippen molar-refractivity contribution in [1.29, 1.82) is 0 Å². The Balaban J connectivity index is 1.37. The fraction of sp³-hybridized carbons (Fsp3) is 0.571. The van der Waals surface area contributed by atoms with Crippen LogP contribution >= 0.6 is 0 Å². The number of nitrogens with one attached hydrogen (secondary N) is 1. The van der Waals surface area contributed by atoms with Crippen LogP contribution in [0.4, 0.5) is 15.0 Å². The van der Waals surface area contributed by atoms with Crippen molar-refractivity contribution in [1.82, 2.24) is 14.8 Å². The van der Waals surface area contributed by atoms with Crippen LogP contribution in [0.15, 0.2) is 24.3 Å². The molecule has 2 aromatic rings. The van der Waals surface area contributed by atoms with E-state index in [4.69, 9.17) is 19.9 Å². The number of hydrogen-bond donors (Lipinski definition) is 2. The van der Waals surface area contributed by atoms with E-state index < -0.39 is 46.9 Å². The quantitative estimate of drug-likeness (QED) is 0.360. The number of rotatable bonds is 9. The second-order valence-electron chi connectivity index (χ2n) is 15.1. The molecule has 3 aliphatic rings. The number of amides is 3. The lowest BCUT2D eigenvalue weighted by atomic mass is 9.75. The molecule has 1 spiro atoms. The Kier molecular flexibility index (Phi) is 9.85. The van der Waals surface area contributed by atoms with Crippen LogP contribution in [0.5, 0.6) is 0 Å². The van der Waals surface area contributed by atoms with Crippen LogP contribution in [0.3, 0.4) is 0 Å². The van der Waals surface area contributed by atoms with Gasteiger partial charge in [-0.3, -0.25) is 24.6 Å². The minimum atomic E-state index is -1.14. The lowest BCUT2D eigenvalue weighted by molar-refractivity contribution is -0.155. The van der Waals surface area contributed by atoms with Gasteiger partial charge in [-0.15, -0.1) is 0 Å². The lowest BCUT2D eigenvalue weighted by Gasteiger charge is -2.52. The van der Waals surface area contributed by atoms with Gasteiger partial charge >= 0.3 is 12.1 Å². The molecule has 0 aliphatic carbocycles. The number of nitrogens with zero attached hydrogens (tertiary/aromatic N) is 3. The first-order valence-corrected chi connectivity index (χ1v) is 16.4. The molecule has 0 bridgehead atoms. The number of primary amides is 1. The second kappa shape index (κ2) is 13.4. The van der Waals surface area contributed by atoms with Gasteiger partial charge in [0.2, 0.25) is 5.91 Å². The van der Waals surface area contributed by atoms with Gasteiger partial charge in [0.05, 0.1) is 18.8 Å². The molecule has 1 aromatic heterocycles. The van der Waals surface area contributed by atoms with Gasteiger partial charge in [0.1, 0.15) is 28.9 Å². The summed E-state index contributed by atoms with van der Waals surface area (Å²) in [6.45, 7) is 14.0. The molecule has 48 heavy (non-hydrogen) atoms. The molecular weight excluding hydrogens is 621 g/mol. The molecule has 0 radical (unpaired) electrons. The average molecular weight is 668 g/mol. The predicted octanol–water partition coefficient (Wildman–Crippen LogP) is 4.78. The SMILES string of the molecule is CC(C)(C)OC(=O)CC[C@@H](C(N)=O)N1Cc2c(ccc(-c3ccc(CN4CC5(CCCOC5)C4)c(NC(=O)OC(C)(C)C)n3)c2F)C1=O. The molecule has 260 valence electrons. The van der Waals surface area contributed by atoms with Crippen molar-refractivity contribution in [2.75, 3.05) is 31.6 Å². The Bertz CT molecular complexity index is 1580. The van der Waals surface area contributed by atoms with Gasteiger partial charge in [-0.25, -0.2) is 14.2 Å². The zero-order valence-electron chi connectivity index (χ0n) is 28.6. The highest BCUT2D eigenvalue weighted by Gasteiger charge is 2.44. The van der Waals surface area contributed by atoms with Crippen molar-refractivity contribution < 1.29 is 37.8 Å². The molecule has 13 heteroatoms. The number of benzene rings is 1. The fourth-order valence-electron chi connectivity index (χ4n) is 6.61. The Morgan fingerprint density at radius 3 is 2.38 bits per heavy atom. The molecule has 2 saturated heterocycles. The highest BCUT2D eigenvalue weighted by atomic mass is 19.1. The predicted molar refractivity (Wildman–Crippen MR) is 175 cm³/mol. The molecular formula is C35H46FN5O7. The van der Waals surface area contributed by atoms with Gasteiger partial charge in [0.15, 0.2) is 0 Å². The number of likely N-dealkylation sites (tertiary alicyclic amines) is 1. The Morgan fingerprint density at radius 2 is 1.75 bits per heavy atom. The summed E-state index contributed by atoms with van der Waals surface area (Å²) in [7, 11) is 0. The summed E-state index contributed by atoms with van der Waals surface area (Å²) in [5.74, 6) is -2.33. The largest absolute Gasteiger partial charge is 0.460 e. The van der Waals surface area contributed by atoms with E-state index in [9.17, 15) is 19.2 Å². The van der Waals surface area contributed by atoms with Crippen molar-refractivity contribution in [3.05, 3.63) is 46.8 Å². The van der Waals surface area contributed by atoms with Crippen LogP contribution in [-0.4, -0.2) is 82.2 Å². The number of ether oxygens (including phenoxy) is 3. The van der Waals surface area contributed by atoms with E-state index in [0.717, 1.165) is 44.7 Å². The third kappa shape index (κ3) is 8.12. The summed E-state index contributed by atoms with van der Waals surface area (Å²) in [4.78, 5) is 59.0. The number of halogens is 1. The number of esters is 1. The average Bonchev–Trinajstić information content (AvgIpc) is 3.28. The van der Waals surface area contributed by atoms with Crippen LogP contribution in [0, 0.1) is 11.2 Å². The van der Waals surface area contributed by atoms with E-state index in [1.165, 1.54) is 17.0 Å². The number of anilines is 1. The van der Waals surface area contributed by atoms with Crippen LogP contribution in [0.1, 0.15) is 88.7 Å². The number of nitrogens with two attached hydrogens (primary N) is 1. The normalized spacial score (nSPS) is 18.2. The first-order valence-electron chi connectivity index (χ1n) is 16.4. The Labute approximate surface area is 280 Å². The van der Waals surface area contributed by atoms with Crippen molar-refractivity contribution in [3.8, 4) is 11.3 Å². The molecule has 0 unspecified atom stereocenters. The van der Waals surface area contributed by atoms with Crippen LogP contribution in [0.2, 0.25) is 0 Å². The molecule has 1 atom stereocenters. The van der Waals surface area contributed by atoms with Crippen LogP contribution in [0.25, 0.3) is 11.3 Å². The van der Waals surface area contributed by atoms with Crippen LogP contribution < -0.4 is 11.1 Å². The number of aromatic nitrogens is 1. The van der Waals surface area contributed by atoms with Gasteiger partial charge in [-0.05, 0) is 79.0 Å². The summed E-state index contributed by atoms with van der Waals surface area (Å²) >= 11 is 0. The maximum absolute atomic E-state index is 16.2. The Hall–Kier alpha value is -4.10. The van der Waals surface area contributed by atoms with E-state index in [2.05, 4.69) is 15.2 Å². The second-order valence-corrected chi connectivity index (χ2v) is 15.1. The van der Waals surface area contributed by atoms with E-state index in [1.807, 2.05) is 0 Å². The monoisotopic (exact) mass is 667 g/mol. The molecule has 4 heterocycles. The molecule has 0 saturated carbocycles. The van der Waals surface area contributed by atoms with Gasteiger partial charge in [0.25, 0.3) is 5.91 Å². The fourth-order valence-corrected chi connectivity index (χ4v) is 6.61.